The van der Waals surface area contributed by atoms with E-state index in [-0.39, 0.29) is 23.9 Å². The smallest absolute Gasteiger partial charge is 0.253 e. The average Bonchev–Trinajstić information content (AvgIpc) is 2.60. The highest BCUT2D eigenvalue weighted by Gasteiger charge is 2.12. The van der Waals surface area contributed by atoms with Crippen molar-refractivity contribution < 1.29 is 19.1 Å². The van der Waals surface area contributed by atoms with E-state index in [1.54, 1.807) is 38.4 Å². The summed E-state index contributed by atoms with van der Waals surface area (Å²) >= 11 is 0. The van der Waals surface area contributed by atoms with Crippen LogP contribution in [0.15, 0.2) is 42.5 Å². The number of nitrogens with one attached hydrogen (secondary N) is 1. The standard InChI is InChI=1S/C18H19FN2O3/c1-21(2)18(24)14-5-3-4-13(9-14)17(23)20-10-12-6-7-16(19)15(8-12)11-22/h3-9,22H,10-11H2,1-2H3,(H,20,23). The van der Waals surface area contributed by atoms with Gasteiger partial charge < -0.3 is 15.3 Å². The topological polar surface area (TPSA) is 69.6 Å². The number of carbonyl (C=O) groups excluding carboxylic acids is 2. The Morgan fingerprint density at radius 2 is 1.83 bits per heavy atom. The summed E-state index contributed by atoms with van der Waals surface area (Å²) in [5.74, 6) is -1.00. The van der Waals surface area contributed by atoms with Gasteiger partial charge in [0.1, 0.15) is 5.82 Å². The van der Waals surface area contributed by atoms with Crippen LogP contribution in [0.4, 0.5) is 4.39 Å². The fraction of sp³-hybridized carbons (Fsp3) is 0.222. The molecule has 126 valence electrons. The lowest BCUT2D eigenvalue weighted by atomic mass is 10.1. The lowest BCUT2D eigenvalue weighted by Crippen LogP contribution is -2.25. The van der Waals surface area contributed by atoms with Crippen molar-refractivity contribution in [3.05, 3.63) is 70.5 Å². The van der Waals surface area contributed by atoms with Gasteiger partial charge in [-0.05, 0) is 35.9 Å². The van der Waals surface area contributed by atoms with Gasteiger partial charge in [0.15, 0.2) is 0 Å². The molecule has 0 spiro atoms. The number of aliphatic hydroxyl groups is 1. The van der Waals surface area contributed by atoms with E-state index in [0.717, 1.165) is 0 Å². The number of aliphatic hydroxyl groups excluding tert-OH is 1. The Labute approximate surface area is 139 Å². The van der Waals surface area contributed by atoms with Gasteiger partial charge >= 0.3 is 0 Å². The zero-order valence-corrected chi connectivity index (χ0v) is 13.5. The molecular formula is C18H19FN2O3. The van der Waals surface area contributed by atoms with E-state index in [2.05, 4.69) is 5.32 Å². The summed E-state index contributed by atoms with van der Waals surface area (Å²) in [5.41, 5.74) is 1.65. The van der Waals surface area contributed by atoms with Gasteiger partial charge in [0, 0.05) is 37.3 Å². The molecule has 0 saturated carbocycles. The van der Waals surface area contributed by atoms with Gasteiger partial charge in [-0.1, -0.05) is 12.1 Å². The van der Waals surface area contributed by atoms with Crippen molar-refractivity contribution in [1.82, 2.24) is 10.2 Å². The quantitative estimate of drug-likeness (QED) is 0.880. The predicted octanol–water partition coefficient (Wildman–Crippen LogP) is 1.95. The molecule has 0 saturated heterocycles. The van der Waals surface area contributed by atoms with Crippen LogP contribution in [0.1, 0.15) is 31.8 Å². The average molecular weight is 330 g/mol. The van der Waals surface area contributed by atoms with Crippen molar-refractivity contribution in [2.45, 2.75) is 13.2 Å². The van der Waals surface area contributed by atoms with E-state index in [1.165, 1.54) is 23.1 Å². The molecule has 2 rings (SSSR count). The number of amides is 2. The molecule has 2 amide bonds. The summed E-state index contributed by atoms with van der Waals surface area (Å²) in [4.78, 5) is 25.6. The van der Waals surface area contributed by atoms with Crippen LogP contribution >= 0.6 is 0 Å². The largest absolute Gasteiger partial charge is 0.392 e. The second-order valence-corrected chi connectivity index (χ2v) is 5.55. The van der Waals surface area contributed by atoms with Gasteiger partial charge in [-0.3, -0.25) is 9.59 Å². The number of rotatable bonds is 5. The van der Waals surface area contributed by atoms with Crippen LogP contribution in [-0.2, 0) is 13.2 Å². The van der Waals surface area contributed by atoms with Gasteiger partial charge in [-0.2, -0.15) is 0 Å². The molecule has 0 atom stereocenters. The molecule has 0 bridgehead atoms. The first kappa shape index (κ1) is 17.6. The first-order chi connectivity index (χ1) is 11.4. The van der Waals surface area contributed by atoms with E-state index in [1.807, 2.05) is 0 Å². The van der Waals surface area contributed by atoms with Gasteiger partial charge in [0.25, 0.3) is 11.8 Å². The van der Waals surface area contributed by atoms with E-state index in [9.17, 15) is 14.0 Å². The zero-order valence-electron chi connectivity index (χ0n) is 13.5. The van der Waals surface area contributed by atoms with Crippen molar-refractivity contribution in [3.8, 4) is 0 Å². The predicted molar refractivity (Wildman–Crippen MR) is 88.0 cm³/mol. The summed E-state index contributed by atoms with van der Waals surface area (Å²) in [6.45, 7) is -0.208. The fourth-order valence-corrected chi connectivity index (χ4v) is 2.20. The molecule has 0 aliphatic rings. The molecule has 24 heavy (non-hydrogen) atoms. The Morgan fingerprint density at radius 3 is 2.50 bits per heavy atom. The third kappa shape index (κ3) is 4.17. The molecule has 0 fully saturated rings. The monoisotopic (exact) mass is 330 g/mol. The van der Waals surface area contributed by atoms with Crippen molar-refractivity contribution in [2.75, 3.05) is 14.1 Å². The summed E-state index contributed by atoms with van der Waals surface area (Å²) in [5, 5.41) is 11.8. The number of carbonyl (C=O) groups is 2. The van der Waals surface area contributed by atoms with Crippen molar-refractivity contribution in [2.24, 2.45) is 0 Å². The minimum absolute atomic E-state index is 0.181. The molecule has 2 aromatic carbocycles. The number of benzene rings is 2. The van der Waals surface area contributed by atoms with Crippen LogP contribution in [-0.4, -0.2) is 35.9 Å². The van der Waals surface area contributed by atoms with Gasteiger partial charge in [-0.15, -0.1) is 0 Å². The number of hydrogen-bond acceptors (Lipinski definition) is 3. The third-order valence-corrected chi connectivity index (χ3v) is 3.51. The maximum absolute atomic E-state index is 13.3. The second-order valence-electron chi connectivity index (χ2n) is 5.55. The van der Waals surface area contributed by atoms with E-state index < -0.39 is 12.4 Å². The Hall–Kier alpha value is -2.73. The van der Waals surface area contributed by atoms with Gasteiger partial charge in [0.05, 0.1) is 6.61 Å². The third-order valence-electron chi connectivity index (χ3n) is 3.51. The highest BCUT2D eigenvalue weighted by molar-refractivity contribution is 5.99. The normalized spacial score (nSPS) is 10.3. The molecule has 0 heterocycles. The molecule has 0 radical (unpaired) electrons. The fourth-order valence-electron chi connectivity index (χ4n) is 2.20. The molecule has 0 aliphatic heterocycles. The van der Waals surface area contributed by atoms with Crippen LogP contribution in [0.25, 0.3) is 0 Å². The Morgan fingerprint density at radius 1 is 1.12 bits per heavy atom. The maximum atomic E-state index is 13.3. The van der Waals surface area contributed by atoms with Crippen LogP contribution in [0.3, 0.4) is 0 Å². The van der Waals surface area contributed by atoms with Crippen molar-refractivity contribution in [3.63, 3.8) is 0 Å². The second kappa shape index (κ2) is 7.70. The molecule has 5 nitrogen and oxygen atoms in total. The highest BCUT2D eigenvalue weighted by atomic mass is 19.1. The Kier molecular flexibility index (Phi) is 5.65. The van der Waals surface area contributed by atoms with Crippen LogP contribution < -0.4 is 5.32 Å². The minimum Gasteiger partial charge on any atom is -0.392 e. The molecule has 0 unspecified atom stereocenters. The summed E-state index contributed by atoms with van der Waals surface area (Å²) in [6.07, 6.45) is 0. The first-order valence-corrected chi connectivity index (χ1v) is 7.40. The summed E-state index contributed by atoms with van der Waals surface area (Å²) < 4.78 is 13.3. The molecular weight excluding hydrogens is 311 g/mol. The Bertz CT molecular complexity index is 760. The minimum atomic E-state index is -0.484. The van der Waals surface area contributed by atoms with Crippen molar-refractivity contribution in [1.29, 1.82) is 0 Å². The molecule has 0 aliphatic carbocycles. The molecule has 0 aromatic heterocycles. The SMILES string of the molecule is CN(C)C(=O)c1cccc(C(=O)NCc2ccc(F)c(CO)c2)c1. The number of hydrogen-bond donors (Lipinski definition) is 2. The lowest BCUT2D eigenvalue weighted by molar-refractivity contribution is 0.0827. The van der Waals surface area contributed by atoms with E-state index in [0.29, 0.717) is 16.7 Å². The van der Waals surface area contributed by atoms with Crippen LogP contribution in [0.5, 0.6) is 0 Å². The summed E-state index contributed by atoms with van der Waals surface area (Å²) in [7, 11) is 3.28. The number of halogens is 1. The first-order valence-electron chi connectivity index (χ1n) is 7.40. The van der Waals surface area contributed by atoms with E-state index in [4.69, 9.17) is 5.11 Å². The van der Waals surface area contributed by atoms with Crippen molar-refractivity contribution >= 4 is 11.8 Å². The highest BCUT2D eigenvalue weighted by Crippen LogP contribution is 2.11. The Balaban J connectivity index is 2.08. The zero-order chi connectivity index (χ0) is 17.7. The van der Waals surface area contributed by atoms with Crippen LogP contribution in [0.2, 0.25) is 0 Å². The molecule has 2 aromatic rings. The summed E-state index contributed by atoms with van der Waals surface area (Å²) in [6, 6.07) is 10.7. The van der Waals surface area contributed by atoms with Gasteiger partial charge in [-0.25, -0.2) is 4.39 Å². The number of nitrogens with zero attached hydrogens (tertiary/aromatic N) is 1. The molecule has 2 N–H and O–H groups in total. The van der Waals surface area contributed by atoms with E-state index >= 15 is 0 Å². The maximum Gasteiger partial charge on any atom is 0.253 e. The lowest BCUT2D eigenvalue weighted by Gasteiger charge is -2.11. The molecule has 6 heteroatoms. The van der Waals surface area contributed by atoms with Crippen LogP contribution in [0, 0.1) is 5.82 Å². The van der Waals surface area contributed by atoms with Gasteiger partial charge in [0.2, 0.25) is 0 Å².